The van der Waals surface area contributed by atoms with E-state index in [1.54, 1.807) is 0 Å². The summed E-state index contributed by atoms with van der Waals surface area (Å²) in [6.07, 6.45) is 8.50. The number of carbonyl (C=O) groups is 1. The van der Waals surface area contributed by atoms with Gasteiger partial charge in [-0.15, -0.1) is 0 Å². The third-order valence-electron chi connectivity index (χ3n) is 4.95. The molecule has 0 aliphatic heterocycles. The molecule has 3 rings (SSSR count). The molecule has 1 fully saturated rings. The van der Waals surface area contributed by atoms with E-state index >= 15 is 0 Å². The molecule has 1 N–H and O–H groups in total. The van der Waals surface area contributed by atoms with Crippen molar-refractivity contribution in [3.05, 3.63) is 47.5 Å². The van der Waals surface area contributed by atoms with Gasteiger partial charge >= 0.3 is 0 Å². The van der Waals surface area contributed by atoms with Crippen LogP contribution >= 0.6 is 0 Å². The van der Waals surface area contributed by atoms with Crippen LogP contribution in [0.1, 0.15) is 67.0 Å². The summed E-state index contributed by atoms with van der Waals surface area (Å²) in [6.45, 7) is 3.92. The van der Waals surface area contributed by atoms with E-state index < -0.39 is 0 Å². The molecule has 0 atom stereocenters. The van der Waals surface area contributed by atoms with Gasteiger partial charge < -0.3 is 9.88 Å². The molecule has 1 aliphatic rings. The second kappa shape index (κ2) is 7.65. The number of aryl methyl sites for hydroxylation is 1. The second-order valence-electron chi connectivity index (χ2n) is 6.78. The predicted octanol–water partition coefficient (Wildman–Crippen LogP) is 4.33. The Labute approximate surface area is 144 Å². The van der Waals surface area contributed by atoms with Gasteiger partial charge in [-0.25, -0.2) is 4.98 Å². The molecule has 4 heteroatoms. The largest absolute Gasteiger partial charge is 0.348 e. The summed E-state index contributed by atoms with van der Waals surface area (Å²) in [6, 6.07) is 10.4. The topological polar surface area (TPSA) is 46.9 Å². The van der Waals surface area contributed by atoms with Gasteiger partial charge in [0.1, 0.15) is 11.5 Å². The summed E-state index contributed by atoms with van der Waals surface area (Å²) < 4.78 is 2.05. The minimum absolute atomic E-state index is 0.0316. The zero-order valence-corrected chi connectivity index (χ0v) is 14.7. The molecule has 0 unspecified atom stereocenters. The lowest BCUT2D eigenvalue weighted by Gasteiger charge is -2.20. The van der Waals surface area contributed by atoms with Crippen LogP contribution in [0.15, 0.2) is 30.3 Å². The molecule has 1 aromatic carbocycles. The molecular formula is C20H27N3O. The van der Waals surface area contributed by atoms with Crippen LogP contribution in [0, 0.1) is 13.8 Å². The highest BCUT2D eigenvalue weighted by Gasteiger charge is 2.21. The quantitative estimate of drug-likeness (QED) is 0.913. The average molecular weight is 325 g/mol. The maximum absolute atomic E-state index is 12.7. The van der Waals surface area contributed by atoms with E-state index in [-0.39, 0.29) is 5.91 Å². The molecule has 0 bridgehead atoms. The average Bonchev–Trinajstić information content (AvgIpc) is 2.85. The Kier molecular flexibility index (Phi) is 5.34. The van der Waals surface area contributed by atoms with Crippen molar-refractivity contribution in [2.45, 2.75) is 64.8 Å². The van der Waals surface area contributed by atoms with E-state index in [4.69, 9.17) is 0 Å². The third-order valence-corrected chi connectivity index (χ3v) is 4.95. The van der Waals surface area contributed by atoms with Crippen LogP contribution in [0.25, 0.3) is 5.69 Å². The van der Waals surface area contributed by atoms with E-state index in [1.165, 1.54) is 32.1 Å². The highest BCUT2D eigenvalue weighted by molar-refractivity contribution is 5.93. The van der Waals surface area contributed by atoms with Gasteiger partial charge in [-0.3, -0.25) is 4.79 Å². The summed E-state index contributed by atoms with van der Waals surface area (Å²) >= 11 is 0. The Bertz CT molecular complexity index is 682. The monoisotopic (exact) mass is 325 g/mol. The number of para-hydroxylation sites is 1. The minimum atomic E-state index is -0.0316. The molecule has 4 nitrogen and oxygen atoms in total. The van der Waals surface area contributed by atoms with Crippen LogP contribution in [0.4, 0.5) is 0 Å². The number of nitrogens with zero attached hydrogens (tertiary/aromatic N) is 2. The molecule has 24 heavy (non-hydrogen) atoms. The van der Waals surface area contributed by atoms with Gasteiger partial charge in [-0.05, 0) is 38.8 Å². The molecule has 0 spiro atoms. The van der Waals surface area contributed by atoms with Crippen molar-refractivity contribution in [2.75, 3.05) is 0 Å². The Morgan fingerprint density at radius 2 is 1.67 bits per heavy atom. The fourth-order valence-corrected chi connectivity index (χ4v) is 3.67. The lowest BCUT2D eigenvalue weighted by molar-refractivity contribution is 0.0925. The van der Waals surface area contributed by atoms with Crippen molar-refractivity contribution >= 4 is 5.91 Å². The molecule has 1 aliphatic carbocycles. The van der Waals surface area contributed by atoms with Crippen molar-refractivity contribution in [3.63, 3.8) is 0 Å². The fourth-order valence-electron chi connectivity index (χ4n) is 3.67. The van der Waals surface area contributed by atoms with Crippen molar-refractivity contribution < 1.29 is 4.79 Å². The number of aromatic nitrogens is 2. The van der Waals surface area contributed by atoms with Gasteiger partial charge in [0.15, 0.2) is 0 Å². The number of imidazole rings is 1. The number of carbonyl (C=O) groups excluding carboxylic acids is 1. The lowest BCUT2D eigenvalue weighted by atomic mass is 9.96. The smallest absolute Gasteiger partial charge is 0.271 e. The SMILES string of the molecule is Cc1nc(C(=O)NC2CCCCCCC2)c(C)n1-c1ccccc1. The van der Waals surface area contributed by atoms with Crippen LogP contribution in [-0.2, 0) is 0 Å². The summed E-state index contributed by atoms with van der Waals surface area (Å²) in [5.41, 5.74) is 2.51. The van der Waals surface area contributed by atoms with Crippen LogP contribution in [0.2, 0.25) is 0 Å². The highest BCUT2D eigenvalue weighted by atomic mass is 16.2. The highest BCUT2D eigenvalue weighted by Crippen LogP contribution is 2.20. The zero-order chi connectivity index (χ0) is 16.9. The summed E-state index contributed by atoms with van der Waals surface area (Å²) in [7, 11) is 0. The molecule has 1 saturated carbocycles. The Balaban J connectivity index is 1.78. The first-order valence-corrected chi connectivity index (χ1v) is 9.09. The molecule has 0 saturated heterocycles. The van der Waals surface area contributed by atoms with Crippen LogP contribution in [-0.4, -0.2) is 21.5 Å². The van der Waals surface area contributed by atoms with Gasteiger partial charge in [0.2, 0.25) is 0 Å². The summed E-state index contributed by atoms with van der Waals surface area (Å²) in [5.74, 6) is 0.817. The number of nitrogens with one attached hydrogen (secondary N) is 1. The standard InChI is InChI=1S/C20H27N3O/c1-15-19(20(24)22-17-11-7-4-3-5-8-12-17)21-16(2)23(15)18-13-9-6-10-14-18/h6,9-10,13-14,17H,3-5,7-8,11-12H2,1-2H3,(H,22,24). The van der Waals surface area contributed by atoms with Crippen molar-refractivity contribution in [1.82, 2.24) is 14.9 Å². The zero-order valence-electron chi connectivity index (χ0n) is 14.7. The van der Waals surface area contributed by atoms with E-state index in [9.17, 15) is 4.79 Å². The first kappa shape index (κ1) is 16.7. The first-order valence-electron chi connectivity index (χ1n) is 9.09. The first-order chi connectivity index (χ1) is 11.7. The Morgan fingerprint density at radius 1 is 1.04 bits per heavy atom. The number of amides is 1. The maximum atomic E-state index is 12.7. The normalized spacial score (nSPS) is 16.4. The molecule has 1 aromatic heterocycles. The van der Waals surface area contributed by atoms with Crippen molar-refractivity contribution in [2.24, 2.45) is 0 Å². The van der Waals surface area contributed by atoms with Gasteiger partial charge in [0.25, 0.3) is 5.91 Å². The lowest BCUT2D eigenvalue weighted by Crippen LogP contribution is -2.35. The van der Waals surface area contributed by atoms with E-state index in [0.717, 1.165) is 30.0 Å². The van der Waals surface area contributed by atoms with E-state index in [2.05, 4.69) is 10.3 Å². The maximum Gasteiger partial charge on any atom is 0.271 e. The number of rotatable bonds is 3. The molecular weight excluding hydrogens is 298 g/mol. The summed E-state index contributed by atoms with van der Waals surface area (Å²) in [4.78, 5) is 17.3. The Morgan fingerprint density at radius 3 is 2.33 bits per heavy atom. The van der Waals surface area contributed by atoms with Gasteiger partial charge in [-0.1, -0.05) is 50.3 Å². The third kappa shape index (κ3) is 3.69. The van der Waals surface area contributed by atoms with Crippen LogP contribution in [0.5, 0.6) is 0 Å². The molecule has 2 aromatic rings. The molecule has 1 amide bonds. The van der Waals surface area contributed by atoms with Crippen molar-refractivity contribution in [3.8, 4) is 5.69 Å². The summed E-state index contributed by atoms with van der Waals surface area (Å²) in [5, 5.41) is 3.22. The number of hydrogen-bond donors (Lipinski definition) is 1. The molecule has 128 valence electrons. The fraction of sp³-hybridized carbons (Fsp3) is 0.500. The van der Waals surface area contributed by atoms with Gasteiger partial charge in [-0.2, -0.15) is 0 Å². The minimum Gasteiger partial charge on any atom is -0.348 e. The van der Waals surface area contributed by atoms with Gasteiger partial charge in [0, 0.05) is 11.7 Å². The van der Waals surface area contributed by atoms with Gasteiger partial charge in [0.05, 0.1) is 5.69 Å². The number of hydrogen-bond acceptors (Lipinski definition) is 2. The second-order valence-corrected chi connectivity index (χ2v) is 6.78. The predicted molar refractivity (Wildman–Crippen MR) is 96.6 cm³/mol. The van der Waals surface area contributed by atoms with Crippen LogP contribution < -0.4 is 5.32 Å². The van der Waals surface area contributed by atoms with Crippen molar-refractivity contribution in [1.29, 1.82) is 0 Å². The molecule has 1 heterocycles. The van der Waals surface area contributed by atoms with Crippen LogP contribution in [0.3, 0.4) is 0 Å². The molecule has 0 radical (unpaired) electrons. The Hall–Kier alpha value is -2.10. The van der Waals surface area contributed by atoms with E-state index in [1.807, 2.05) is 48.7 Å². The van der Waals surface area contributed by atoms with E-state index in [0.29, 0.717) is 11.7 Å². The number of benzene rings is 1.